The molecule has 0 aromatic heterocycles. The molecule has 0 saturated heterocycles. The summed E-state index contributed by atoms with van der Waals surface area (Å²) in [6.07, 6.45) is 0. The largest absolute Gasteiger partial charge is 0.302 e. The molecule has 4 nitrogen and oxygen atoms in total. The Morgan fingerprint density at radius 1 is 1.21 bits per heavy atom. The summed E-state index contributed by atoms with van der Waals surface area (Å²) in [4.78, 5) is 13.3. The summed E-state index contributed by atoms with van der Waals surface area (Å²) in [6.45, 7) is 0.476. The molecule has 1 rings (SSSR count). The molecule has 0 fully saturated rings. The van der Waals surface area contributed by atoms with Crippen LogP contribution in [0.25, 0.3) is 0 Å². The van der Waals surface area contributed by atoms with Crippen molar-refractivity contribution in [3.63, 3.8) is 0 Å². The van der Waals surface area contributed by atoms with Crippen molar-refractivity contribution < 1.29 is 4.79 Å². The molecule has 0 spiro atoms. The van der Waals surface area contributed by atoms with Crippen LogP contribution in [0.4, 0.5) is 0 Å². The van der Waals surface area contributed by atoms with Gasteiger partial charge in [0.05, 0.1) is 6.54 Å². The van der Waals surface area contributed by atoms with Gasteiger partial charge >= 0.3 is 0 Å². The monoisotopic (exact) mass is 195 g/mol. The second kappa shape index (κ2) is 7.20. The highest BCUT2D eigenvalue weighted by Crippen LogP contribution is 1.99. The Kier molecular flexibility index (Phi) is 6.57. The van der Waals surface area contributed by atoms with Gasteiger partial charge in [0, 0.05) is 5.56 Å². The fraction of sp³-hybridized carbons (Fsp3) is 0.300. The van der Waals surface area contributed by atoms with Gasteiger partial charge in [0.25, 0.3) is 0 Å². The molecular formula is C10H17N3O. The quantitative estimate of drug-likeness (QED) is 0.412. The van der Waals surface area contributed by atoms with Gasteiger partial charge in [0.2, 0.25) is 0 Å². The topological polar surface area (TPSA) is 72.3 Å². The number of hydrazine groups is 1. The third kappa shape index (κ3) is 4.71. The lowest BCUT2D eigenvalue weighted by Gasteiger charge is -2.07. The van der Waals surface area contributed by atoms with Crippen LogP contribution in [-0.4, -0.2) is 31.3 Å². The van der Waals surface area contributed by atoms with E-state index in [1.807, 2.05) is 49.3 Å². The number of nitrogens with zero attached hydrogens (tertiary/aromatic N) is 1. The lowest BCUT2D eigenvalue weighted by Crippen LogP contribution is -2.21. The minimum absolute atomic E-state index is 0.167. The zero-order valence-electron chi connectivity index (χ0n) is 8.60. The van der Waals surface area contributed by atoms with Crippen molar-refractivity contribution in [1.29, 1.82) is 0 Å². The van der Waals surface area contributed by atoms with Crippen LogP contribution in [0.5, 0.6) is 0 Å². The van der Waals surface area contributed by atoms with Gasteiger partial charge in [-0.3, -0.25) is 16.5 Å². The van der Waals surface area contributed by atoms with Crippen LogP contribution in [0.15, 0.2) is 30.3 Å². The van der Waals surface area contributed by atoms with E-state index in [0.29, 0.717) is 6.54 Å². The van der Waals surface area contributed by atoms with Crippen LogP contribution in [0.2, 0.25) is 0 Å². The van der Waals surface area contributed by atoms with Crippen molar-refractivity contribution in [2.24, 2.45) is 11.7 Å². The molecule has 0 heterocycles. The molecule has 0 unspecified atom stereocenters. The minimum Gasteiger partial charge on any atom is -0.302 e. The number of carbonyl (C=O) groups is 1. The van der Waals surface area contributed by atoms with Gasteiger partial charge in [0.15, 0.2) is 5.78 Å². The molecule has 4 N–H and O–H groups in total. The van der Waals surface area contributed by atoms with E-state index in [1.54, 1.807) is 0 Å². The highest BCUT2D eigenvalue weighted by atomic mass is 16.1. The number of carbonyl (C=O) groups excluding carboxylic acids is 1. The molecule has 0 aliphatic rings. The van der Waals surface area contributed by atoms with Crippen molar-refractivity contribution in [3.05, 3.63) is 35.9 Å². The zero-order chi connectivity index (χ0) is 11.0. The summed E-state index contributed by atoms with van der Waals surface area (Å²) in [7, 11) is 3.78. The molecule has 0 radical (unpaired) electrons. The van der Waals surface area contributed by atoms with Crippen molar-refractivity contribution in [3.8, 4) is 0 Å². The van der Waals surface area contributed by atoms with E-state index in [2.05, 4.69) is 11.7 Å². The van der Waals surface area contributed by atoms with E-state index < -0.39 is 0 Å². The fourth-order valence-electron chi connectivity index (χ4n) is 1.00. The SMILES string of the molecule is CN(C)CC(=O)c1ccccc1.NN. The number of ketones is 1. The summed E-state index contributed by atoms with van der Waals surface area (Å²) in [5, 5.41) is 0. The predicted octanol–water partition coefficient (Wildman–Crippen LogP) is 0.250. The van der Waals surface area contributed by atoms with E-state index in [9.17, 15) is 4.79 Å². The van der Waals surface area contributed by atoms with Gasteiger partial charge in [-0.25, -0.2) is 0 Å². The molecular weight excluding hydrogens is 178 g/mol. The number of nitrogens with two attached hydrogens (primary N) is 2. The second-order valence-corrected chi connectivity index (χ2v) is 3.03. The Hall–Kier alpha value is -1.23. The van der Waals surface area contributed by atoms with Crippen LogP contribution >= 0.6 is 0 Å². The molecule has 14 heavy (non-hydrogen) atoms. The second-order valence-electron chi connectivity index (χ2n) is 3.03. The standard InChI is InChI=1S/C10H13NO.H4N2/c1-11(2)8-10(12)9-6-4-3-5-7-9;1-2/h3-7H,8H2,1-2H3;1-2H2. The van der Waals surface area contributed by atoms with Gasteiger partial charge in [-0.05, 0) is 14.1 Å². The van der Waals surface area contributed by atoms with E-state index in [0.717, 1.165) is 5.56 Å². The van der Waals surface area contributed by atoms with E-state index in [1.165, 1.54) is 0 Å². The molecule has 0 amide bonds. The van der Waals surface area contributed by atoms with Crippen LogP contribution in [-0.2, 0) is 0 Å². The van der Waals surface area contributed by atoms with Gasteiger partial charge in [-0.1, -0.05) is 30.3 Å². The maximum atomic E-state index is 11.4. The van der Waals surface area contributed by atoms with E-state index >= 15 is 0 Å². The molecule has 78 valence electrons. The van der Waals surface area contributed by atoms with Crippen LogP contribution in [0, 0.1) is 0 Å². The highest BCUT2D eigenvalue weighted by molar-refractivity contribution is 5.97. The molecule has 4 heteroatoms. The molecule has 0 aliphatic carbocycles. The summed E-state index contributed by atoms with van der Waals surface area (Å²) in [6, 6.07) is 9.34. The molecule has 0 aliphatic heterocycles. The van der Waals surface area contributed by atoms with Gasteiger partial charge < -0.3 is 4.90 Å². The number of Topliss-reactive ketones (excluding diaryl/α,β-unsaturated/α-hetero) is 1. The van der Waals surface area contributed by atoms with Crippen LogP contribution in [0.1, 0.15) is 10.4 Å². The molecule has 1 aromatic rings. The van der Waals surface area contributed by atoms with E-state index in [4.69, 9.17) is 0 Å². The Morgan fingerprint density at radius 2 is 1.71 bits per heavy atom. The van der Waals surface area contributed by atoms with Gasteiger partial charge in [-0.2, -0.15) is 0 Å². The number of benzene rings is 1. The van der Waals surface area contributed by atoms with Crippen molar-refractivity contribution in [1.82, 2.24) is 4.90 Å². The number of hydrogen-bond donors (Lipinski definition) is 2. The predicted molar refractivity (Wildman–Crippen MR) is 57.7 cm³/mol. The van der Waals surface area contributed by atoms with Gasteiger partial charge in [-0.15, -0.1) is 0 Å². The van der Waals surface area contributed by atoms with Crippen LogP contribution in [0.3, 0.4) is 0 Å². The Labute approximate surface area is 84.5 Å². The Balaban J connectivity index is 0.000000791. The third-order valence-corrected chi connectivity index (χ3v) is 1.56. The number of rotatable bonds is 3. The summed E-state index contributed by atoms with van der Waals surface area (Å²) < 4.78 is 0. The maximum Gasteiger partial charge on any atom is 0.176 e. The Morgan fingerprint density at radius 3 is 2.14 bits per heavy atom. The van der Waals surface area contributed by atoms with Crippen molar-refractivity contribution in [2.45, 2.75) is 0 Å². The van der Waals surface area contributed by atoms with Crippen LogP contribution < -0.4 is 11.7 Å². The molecule has 1 aromatic carbocycles. The average molecular weight is 195 g/mol. The average Bonchev–Trinajstić information content (AvgIpc) is 2.21. The van der Waals surface area contributed by atoms with E-state index in [-0.39, 0.29) is 5.78 Å². The normalized spacial score (nSPS) is 9.21. The smallest absolute Gasteiger partial charge is 0.176 e. The molecule has 0 saturated carbocycles. The maximum absolute atomic E-state index is 11.4. The third-order valence-electron chi connectivity index (χ3n) is 1.56. The first-order chi connectivity index (χ1) is 6.70. The first-order valence-electron chi connectivity index (χ1n) is 4.26. The number of hydrogen-bond acceptors (Lipinski definition) is 4. The summed E-state index contributed by atoms with van der Waals surface area (Å²) in [5.41, 5.74) is 0.784. The molecule has 0 atom stereocenters. The summed E-state index contributed by atoms with van der Waals surface area (Å²) >= 11 is 0. The fourth-order valence-corrected chi connectivity index (χ4v) is 1.00. The zero-order valence-corrected chi connectivity index (χ0v) is 8.60. The summed E-state index contributed by atoms with van der Waals surface area (Å²) in [5.74, 6) is 8.17. The molecule has 0 bridgehead atoms. The van der Waals surface area contributed by atoms with Crippen molar-refractivity contribution >= 4 is 5.78 Å². The van der Waals surface area contributed by atoms with Gasteiger partial charge in [0.1, 0.15) is 0 Å². The number of likely N-dealkylation sites (N-methyl/N-ethyl adjacent to an activating group) is 1. The minimum atomic E-state index is 0.167. The first kappa shape index (κ1) is 12.8. The lowest BCUT2D eigenvalue weighted by atomic mass is 10.1. The highest BCUT2D eigenvalue weighted by Gasteiger charge is 2.04. The first-order valence-corrected chi connectivity index (χ1v) is 4.26. The van der Waals surface area contributed by atoms with Crippen molar-refractivity contribution in [2.75, 3.05) is 20.6 Å². The lowest BCUT2D eigenvalue weighted by molar-refractivity contribution is 0.0958. The Bertz CT molecular complexity index is 259.